The van der Waals surface area contributed by atoms with Crippen LogP contribution in [0.3, 0.4) is 0 Å². The van der Waals surface area contributed by atoms with Gasteiger partial charge in [0.25, 0.3) is 5.91 Å². The number of carbonyl (C=O) groups excluding carboxylic acids is 1. The maximum Gasteiger partial charge on any atom is 0.255 e. The lowest BCUT2D eigenvalue weighted by molar-refractivity contribution is 0.102. The first-order valence-corrected chi connectivity index (χ1v) is 8.69. The number of nitrogens with one attached hydrogen (secondary N) is 1. The van der Waals surface area contributed by atoms with Gasteiger partial charge in [-0.15, -0.1) is 11.3 Å². The standard InChI is InChI=1S/C19H18N2O2S/c1-2-14-5-3-7-16(9-14)21-19(22)15-6-4-8-18(10-15)23-11-17-12-24-13-20-17/h3-10,12-13H,2,11H2,1H3,(H,21,22). The molecule has 3 rings (SSSR count). The lowest BCUT2D eigenvalue weighted by Gasteiger charge is -2.09. The van der Waals surface area contributed by atoms with Crippen molar-refractivity contribution in [3.05, 3.63) is 76.2 Å². The number of ether oxygens (including phenoxy) is 1. The lowest BCUT2D eigenvalue weighted by Crippen LogP contribution is -2.12. The summed E-state index contributed by atoms with van der Waals surface area (Å²) < 4.78 is 5.69. The Labute approximate surface area is 145 Å². The topological polar surface area (TPSA) is 51.2 Å². The van der Waals surface area contributed by atoms with Crippen LogP contribution in [0.2, 0.25) is 0 Å². The fraction of sp³-hybridized carbons (Fsp3) is 0.158. The van der Waals surface area contributed by atoms with Crippen LogP contribution < -0.4 is 10.1 Å². The number of benzene rings is 2. The maximum atomic E-state index is 12.4. The Balaban J connectivity index is 1.67. The molecule has 24 heavy (non-hydrogen) atoms. The molecule has 1 heterocycles. The number of carbonyl (C=O) groups is 1. The molecule has 0 unspecified atom stereocenters. The van der Waals surface area contributed by atoms with E-state index in [4.69, 9.17) is 4.74 Å². The van der Waals surface area contributed by atoms with E-state index in [9.17, 15) is 4.79 Å². The van der Waals surface area contributed by atoms with Crippen LogP contribution >= 0.6 is 11.3 Å². The largest absolute Gasteiger partial charge is 0.487 e. The first kappa shape index (κ1) is 16.2. The smallest absolute Gasteiger partial charge is 0.255 e. The molecule has 1 aromatic heterocycles. The monoisotopic (exact) mass is 338 g/mol. The van der Waals surface area contributed by atoms with Crippen LogP contribution in [0.1, 0.15) is 28.5 Å². The summed E-state index contributed by atoms with van der Waals surface area (Å²) in [6.07, 6.45) is 0.934. The van der Waals surface area contributed by atoms with E-state index in [1.54, 1.807) is 17.6 Å². The predicted octanol–water partition coefficient (Wildman–Crippen LogP) is 4.54. The van der Waals surface area contributed by atoms with Gasteiger partial charge in [-0.25, -0.2) is 4.98 Å². The highest BCUT2D eigenvalue weighted by Gasteiger charge is 2.08. The minimum absolute atomic E-state index is 0.151. The summed E-state index contributed by atoms with van der Waals surface area (Å²) >= 11 is 1.53. The van der Waals surface area contributed by atoms with Gasteiger partial charge in [0.1, 0.15) is 12.4 Å². The van der Waals surface area contributed by atoms with Gasteiger partial charge in [0, 0.05) is 16.6 Å². The summed E-state index contributed by atoms with van der Waals surface area (Å²) in [7, 11) is 0. The third kappa shape index (κ3) is 4.20. The number of aryl methyl sites for hydroxylation is 1. The van der Waals surface area contributed by atoms with E-state index in [1.807, 2.05) is 41.8 Å². The number of nitrogens with zero attached hydrogens (tertiary/aromatic N) is 1. The Hall–Kier alpha value is -2.66. The molecule has 0 fully saturated rings. The molecule has 0 atom stereocenters. The van der Waals surface area contributed by atoms with Crippen molar-refractivity contribution in [1.82, 2.24) is 4.98 Å². The molecule has 4 nitrogen and oxygen atoms in total. The van der Waals surface area contributed by atoms with E-state index in [-0.39, 0.29) is 5.91 Å². The van der Waals surface area contributed by atoms with Gasteiger partial charge in [0.05, 0.1) is 11.2 Å². The fourth-order valence-electron chi connectivity index (χ4n) is 2.27. The number of rotatable bonds is 6. The van der Waals surface area contributed by atoms with E-state index < -0.39 is 0 Å². The van der Waals surface area contributed by atoms with Crippen molar-refractivity contribution in [1.29, 1.82) is 0 Å². The molecule has 0 aliphatic heterocycles. The lowest BCUT2D eigenvalue weighted by atomic mass is 10.1. The van der Waals surface area contributed by atoms with Crippen LogP contribution in [0.4, 0.5) is 5.69 Å². The SMILES string of the molecule is CCc1cccc(NC(=O)c2cccc(OCc3cscn3)c2)c1. The molecule has 0 aliphatic rings. The summed E-state index contributed by atoms with van der Waals surface area (Å²) in [6.45, 7) is 2.48. The van der Waals surface area contributed by atoms with Crippen LogP contribution in [0.5, 0.6) is 5.75 Å². The summed E-state index contributed by atoms with van der Waals surface area (Å²) in [5.74, 6) is 0.500. The van der Waals surface area contributed by atoms with Crippen molar-refractivity contribution in [3.8, 4) is 5.75 Å². The third-order valence-corrected chi connectivity index (χ3v) is 4.19. The first-order chi connectivity index (χ1) is 11.7. The Morgan fingerprint density at radius 1 is 1.21 bits per heavy atom. The van der Waals surface area contributed by atoms with E-state index in [0.717, 1.165) is 17.8 Å². The van der Waals surface area contributed by atoms with Crippen LogP contribution in [0.15, 0.2) is 59.4 Å². The van der Waals surface area contributed by atoms with Gasteiger partial charge in [0.15, 0.2) is 0 Å². The first-order valence-electron chi connectivity index (χ1n) is 7.75. The average Bonchev–Trinajstić information content (AvgIpc) is 3.14. The molecule has 1 amide bonds. The molecule has 1 N–H and O–H groups in total. The Morgan fingerprint density at radius 3 is 2.88 bits per heavy atom. The molecule has 122 valence electrons. The van der Waals surface area contributed by atoms with Crippen molar-refractivity contribution in [3.63, 3.8) is 0 Å². The Morgan fingerprint density at radius 2 is 2.08 bits per heavy atom. The van der Waals surface area contributed by atoms with Gasteiger partial charge >= 0.3 is 0 Å². The third-order valence-electron chi connectivity index (χ3n) is 3.56. The summed E-state index contributed by atoms with van der Waals surface area (Å²) in [4.78, 5) is 16.6. The van der Waals surface area contributed by atoms with Crippen molar-refractivity contribution < 1.29 is 9.53 Å². The molecule has 5 heteroatoms. The van der Waals surface area contributed by atoms with E-state index >= 15 is 0 Å². The minimum Gasteiger partial charge on any atom is -0.487 e. The van der Waals surface area contributed by atoms with Gasteiger partial charge in [-0.05, 0) is 42.3 Å². The molecule has 0 aliphatic carbocycles. The molecular weight excluding hydrogens is 320 g/mol. The highest BCUT2D eigenvalue weighted by molar-refractivity contribution is 7.07. The average molecular weight is 338 g/mol. The second-order valence-electron chi connectivity index (χ2n) is 5.30. The van der Waals surface area contributed by atoms with Gasteiger partial charge in [0.2, 0.25) is 0 Å². The van der Waals surface area contributed by atoms with E-state index in [0.29, 0.717) is 17.9 Å². The van der Waals surface area contributed by atoms with Gasteiger partial charge in [-0.1, -0.05) is 25.1 Å². The number of amides is 1. The van der Waals surface area contributed by atoms with E-state index in [2.05, 4.69) is 17.2 Å². The summed E-state index contributed by atoms with van der Waals surface area (Å²) in [6, 6.07) is 15.0. The molecule has 3 aromatic rings. The van der Waals surface area contributed by atoms with Crippen molar-refractivity contribution in [2.75, 3.05) is 5.32 Å². The quantitative estimate of drug-likeness (QED) is 0.718. The zero-order valence-corrected chi connectivity index (χ0v) is 14.2. The Bertz CT molecular complexity index is 816. The highest BCUT2D eigenvalue weighted by Crippen LogP contribution is 2.17. The Kier molecular flexibility index (Phi) is 5.23. The molecule has 0 radical (unpaired) electrons. The molecule has 0 spiro atoms. The number of hydrogen-bond donors (Lipinski definition) is 1. The van der Waals surface area contributed by atoms with Crippen LogP contribution in [-0.4, -0.2) is 10.9 Å². The van der Waals surface area contributed by atoms with Crippen LogP contribution in [-0.2, 0) is 13.0 Å². The maximum absolute atomic E-state index is 12.4. The van der Waals surface area contributed by atoms with Crippen molar-refractivity contribution in [2.45, 2.75) is 20.0 Å². The van der Waals surface area contributed by atoms with Crippen molar-refractivity contribution in [2.24, 2.45) is 0 Å². The molecule has 0 saturated heterocycles. The second kappa shape index (κ2) is 7.75. The van der Waals surface area contributed by atoms with Crippen LogP contribution in [0.25, 0.3) is 0 Å². The second-order valence-corrected chi connectivity index (χ2v) is 6.02. The number of hydrogen-bond acceptors (Lipinski definition) is 4. The zero-order chi connectivity index (χ0) is 16.8. The summed E-state index contributed by atoms with van der Waals surface area (Å²) in [5.41, 5.74) is 5.20. The van der Waals surface area contributed by atoms with Gasteiger partial charge in [-0.3, -0.25) is 4.79 Å². The molecule has 2 aromatic carbocycles. The van der Waals surface area contributed by atoms with Gasteiger partial charge < -0.3 is 10.1 Å². The predicted molar refractivity (Wildman–Crippen MR) is 96.7 cm³/mol. The molecule has 0 saturated carbocycles. The fourth-order valence-corrected chi connectivity index (χ4v) is 2.81. The highest BCUT2D eigenvalue weighted by atomic mass is 32.1. The molecule has 0 bridgehead atoms. The van der Waals surface area contributed by atoms with Crippen LogP contribution in [0, 0.1) is 0 Å². The number of anilines is 1. The zero-order valence-electron chi connectivity index (χ0n) is 13.4. The molecular formula is C19H18N2O2S. The minimum atomic E-state index is -0.151. The van der Waals surface area contributed by atoms with Crippen molar-refractivity contribution >= 4 is 22.9 Å². The number of aromatic nitrogens is 1. The number of thiazole rings is 1. The summed E-state index contributed by atoms with van der Waals surface area (Å²) in [5, 5.41) is 4.87. The van der Waals surface area contributed by atoms with Gasteiger partial charge in [-0.2, -0.15) is 0 Å². The van der Waals surface area contributed by atoms with E-state index in [1.165, 1.54) is 16.9 Å². The normalized spacial score (nSPS) is 10.4.